The summed E-state index contributed by atoms with van der Waals surface area (Å²) in [5.41, 5.74) is 2.75. The van der Waals surface area contributed by atoms with Gasteiger partial charge in [0.15, 0.2) is 5.69 Å². The van der Waals surface area contributed by atoms with Gasteiger partial charge in [0, 0.05) is 6.54 Å². The number of carbonyl (C=O) groups is 1. The zero-order valence-corrected chi connectivity index (χ0v) is 16.7. The molecule has 3 rings (SSSR count). The number of hydrogen-bond donors (Lipinski definition) is 1. The number of carbonyl (C=O) groups excluding carboxylic acids is 1. The van der Waals surface area contributed by atoms with Crippen molar-refractivity contribution in [1.82, 2.24) is 25.2 Å². The molecule has 1 aliphatic heterocycles. The average Bonchev–Trinajstić information content (AvgIpc) is 3.17. The molecule has 1 amide bonds. The van der Waals surface area contributed by atoms with Gasteiger partial charge in [0.1, 0.15) is 0 Å². The number of rotatable bonds is 7. The van der Waals surface area contributed by atoms with E-state index in [0.717, 1.165) is 24.4 Å². The smallest absolute Gasteiger partial charge is 0.273 e. The Labute approximate surface area is 161 Å². The van der Waals surface area contributed by atoms with E-state index in [1.54, 1.807) is 10.9 Å². The molecule has 1 aromatic heterocycles. The van der Waals surface area contributed by atoms with Crippen molar-refractivity contribution in [3.8, 4) is 0 Å². The number of hydrogen-bond acceptors (Lipinski definition) is 4. The molecule has 0 bridgehead atoms. The first kappa shape index (κ1) is 19.5. The highest BCUT2D eigenvalue weighted by Gasteiger charge is 2.16. The molecule has 0 unspecified atom stereocenters. The molecule has 1 atom stereocenters. The summed E-state index contributed by atoms with van der Waals surface area (Å²) in [6, 6.07) is 8.38. The molecule has 27 heavy (non-hydrogen) atoms. The Morgan fingerprint density at radius 1 is 1.26 bits per heavy atom. The van der Waals surface area contributed by atoms with Gasteiger partial charge in [-0.2, -0.15) is 0 Å². The van der Waals surface area contributed by atoms with Crippen molar-refractivity contribution < 1.29 is 4.79 Å². The summed E-state index contributed by atoms with van der Waals surface area (Å²) < 4.78 is 1.74. The maximum Gasteiger partial charge on any atom is 0.273 e. The van der Waals surface area contributed by atoms with Crippen molar-refractivity contribution in [2.24, 2.45) is 5.92 Å². The lowest BCUT2D eigenvalue weighted by Crippen LogP contribution is -2.35. The molecule has 0 saturated carbocycles. The first-order valence-corrected chi connectivity index (χ1v) is 10.0. The molecule has 6 heteroatoms. The minimum absolute atomic E-state index is 0.0427. The van der Waals surface area contributed by atoms with Crippen LogP contribution in [-0.2, 0) is 0 Å². The summed E-state index contributed by atoms with van der Waals surface area (Å²) in [5.74, 6) is 0.704. The Morgan fingerprint density at radius 2 is 1.96 bits per heavy atom. The van der Waals surface area contributed by atoms with Crippen LogP contribution in [0.5, 0.6) is 0 Å². The monoisotopic (exact) mass is 369 g/mol. The van der Waals surface area contributed by atoms with Crippen LogP contribution in [0.15, 0.2) is 30.5 Å². The van der Waals surface area contributed by atoms with Crippen molar-refractivity contribution in [2.75, 3.05) is 26.2 Å². The summed E-state index contributed by atoms with van der Waals surface area (Å²) in [6.07, 6.45) is 5.27. The molecule has 1 aliphatic rings. The first-order chi connectivity index (χ1) is 13.0. The largest absolute Gasteiger partial charge is 0.351 e. The summed E-state index contributed by atoms with van der Waals surface area (Å²) in [5, 5.41) is 11.2. The zero-order chi connectivity index (χ0) is 19.2. The lowest BCUT2D eigenvalue weighted by atomic mass is 9.99. The van der Waals surface area contributed by atoms with Gasteiger partial charge in [-0.1, -0.05) is 42.0 Å². The van der Waals surface area contributed by atoms with Gasteiger partial charge in [-0.25, -0.2) is 4.68 Å². The van der Waals surface area contributed by atoms with Gasteiger partial charge in [0.25, 0.3) is 5.91 Å². The molecule has 1 saturated heterocycles. The zero-order valence-electron chi connectivity index (χ0n) is 16.7. The third kappa shape index (κ3) is 5.39. The maximum atomic E-state index is 12.3. The van der Waals surface area contributed by atoms with E-state index < -0.39 is 0 Å². The summed E-state index contributed by atoms with van der Waals surface area (Å²) in [7, 11) is 0. The van der Waals surface area contributed by atoms with Gasteiger partial charge in [0.2, 0.25) is 0 Å². The van der Waals surface area contributed by atoms with E-state index in [4.69, 9.17) is 0 Å². The van der Waals surface area contributed by atoms with Crippen molar-refractivity contribution >= 4 is 5.91 Å². The Balaban J connectivity index is 1.44. The fraction of sp³-hybridized carbons (Fsp3) is 0.571. The van der Waals surface area contributed by atoms with Crippen LogP contribution >= 0.6 is 0 Å². The third-order valence-corrected chi connectivity index (χ3v) is 5.51. The minimum atomic E-state index is -0.148. The molecule has 6 nitrogen and oxygen atoms in total. The predicted molar refractivity (Wildman–Crippen MR) is 107 cm³/mol. The highest BCUT2D eigenvalue weighted by atomic mass is 16.2. The summed E-state index contributed by atoms with van der Waals surface area (Å²) in [4.78, 5) is 14.8. The standard InChI is InChI=1S/C21H31N5O/c1-16-5-7-19(8-6-16)18(3)26-15-20(23-24-26)21(27)22-11-4-12-25-13-9-17(2)10-14-25/h5-8,15,17-18H,4,9-14H2,1-3H3,(H,22,27)/t18-/m1/s1. The van der Waals surface area contributed by atoms with Gasteiger partial charge in [-0.15, -0.1) is 5.10 Å². The number of aryl methyl sites for hydroxylation is 1. The van der Waals surface area contributed by atoms with E-state index in [2.05, 4.69) is 65.6 Å². The molecule has 0 radical (unpaired) electrons. The fourth-order valence-corrected chi connectivity index (χ4v) is 3.45. The number of amides is 1. The molecule has 2 heterocycles. The molecule has 0 aliphatic carbocycles. The van der Waals surface area contributed by atoms with Gasteiger partial charge in [0.05, 0.1) is 12.2 Å². The van der Waals surface area contributed by atoms with Gasteiger partial charge in [-0.05, 0) is 64.2 Å². The second-order valence-electron chi connectivity index (χ2n) is 7.80. The van der Waals surface area contributed by atoms with Crippen LogP contribution in [0.25, 0.3) is 0 Å². The van der Waals surface area contributed by atoms with E-state index in [1.165, 1.54) is 31.5 Å². The molecule has 2 aromatic rings. The maximum absolute atomic E-state index is 12.3. The van der Waals surface area contributed by atoms with Gasteiger partial charge >= 0.3 is 0 Å². The SMILES string of the molecule is Cc1ccc([C@@H](C)n2cc(C(=O)NCCCN3CCC(C)CC3)nn2)cc1. The minimum Gasteiger partial charge on any atom is -0.351 e. The lowest BCUT2D eigenvalue weighted by molar-refractivity contribution is 0.0945. The van der Waals surface area contributed by atoms with Gasteiger partial charge in [-0.3, -0.25) is 4.79 Å². The number of nitrogens with zero attached hydrogens (tertiary/aromatic N) is 4. The van der Waals surface area contributed by atoms with Crippen LogP contribution in [0.2, 0.25) is 0 Å². The molecule has 1 N–H and O–H groups in total. The van der Waals surface area contributed by atoms with Crippen LogP contribution in [0.3, 0.4) is 0 Å². The quantitative estimate of drug-likeness (QED) is 0.762. The van der Waals surface area contributed by atoms with Crippen molar-refractivity contribution in [3.05, 3.63) is 47.3 Å². The number of benzene rings is 1. The van der Waals surface area contributed by atoms with Crippen molar-refractivity contribution in [1.29, 1.82) is 0 Å². The van der Waals surface area contributed by atoms with E-state index in [9.17, 15) is 4.79 Å². The molecule has 1 aromatic carbocycles. The number of nitrogens with one attached hydrogen (secondary N) is 1. The van der Waals surface area contributed by atoms with E-state index >= 15 is 0 Å². The first-order valence-electron chi connectivity index (χ1n) is 10.0. The lowest BCUT2D eigenvalue weighted by Gasteiger charge is -2.30. The van der Waals surface area contributed by atoms with E-state index in [-0.39, 0.29) is 11.9 Å². The van der Waals surface area contributed by atoms with Crippen LogP contribution in [0.1, 0.15) is 60.8 Å². The molecule has 146 valence electrons. The predicted octanol–water partition coefficient (Wildman–Crippen LogP) is 3.05. The number of aromatic nitrogens is 3. The normalized spacial score (nSPS) is 17.0. The van der Waals surface area contributed by atoms with Crippen LogP contribution in [-0.4, -0.2) is 52.0 Å². The molecule has 0 spiro atoms. The molecule has 1 fully saturated rings. The highest BCUT2D eigenvalue weighted by molar-refractivity contribution is 5.91. The Bertz CT molecular complexity index is 731. The third-order valence-electron chi connectivity index (χ3n) is 5.51. The summed E-state index contributed by atoms with van der Waals surface area (Å²) >= 11 is 0. The van der Waals surface area contributed by atoms with Crippen LogP contribution < -0.4 is 5.32 Å². The topological polar surface area (TPSA) is 63.1 Å². The second-order valence-corrected chi connectivity index (χ2v) is 7.80. The van der Waals surface area contributed by atoms with E-state index in [1.807, 2.05) is 0 Å². The van der Waals surface area contributed by atoms with Crippen molar-refractivity contribution in [3.63, 3.8) is 0 Å². The fourth-order valence-electron chi connectivity index (χ4n) is 3.45. The second kappa shape index (κ2) is 9.13. The van der Waals surface area contributed by atoms with Crippen LogP contribution in [0.4, 0.5) is 0 Å². The number of piperidine rings is 1. The van der Waals surface area contributed by atoms with E-state index in [0.29, 0.717) is 12.2 Å². The van der Waals surface area contributed by atoms with Crippen LogP contribution in [0, 0.1) is 12.8 Å². The molecular formula is C21H31N5O. The Kier molecular flexibility index (Phi) is 6.61. The highest BCUT2D eigenvalue weighted by Crippen LogP contribution is 2.17. The van der Waals surface area contributed by atoms with Crippen molar-refractivity contribution in [2.45, 2.75) is 46.1 Å². The Morgan fingerprint density at radius 3 is 2.67 bits per heavy atom. The Hall–Kier alpha value is -2.21. The van der Waals surface area contributed by atoms with Gasteiger partial charge < -0.3 is 10.2 Å². The summed E-state index contributed by atoms with van der Waals surface area (Å²) in [6.45, 7) is 10.5. The molecular weight excluding hydrogens is 338 g/mol. The number of likely N-dealkylation sites (tertiary alicyclic amines) is 1. The average molecular weight is 370 g/mol.